The lowest BCUT2D eigenvalue weighted by Gasteiger charge is -2.12. The van der Waals surface area contributed by atoms with Crippen LogP contribution in [0.25, 0.3) is 11.0 Å². The summed E-state index contributed by atoms with van der Waals surface area (Å²) < 4.78 is 25.6. The number of aromatic amines is 1. The Hall–Kier alpha value is -2.45. The number of anilines is 1. The molecule has 0 spiro atoms. The van der Waals surface area contributed by atoms with Gasteiger partial charge >= 0.3 is 0 Å². The van der Waals surface area contributed by atoms with Crippen molar-refractivity contribution in [2.45, 2.75) is 17.9 Å². The third-order valence-corrected chi connectivity index (χ3v) is 4.90. The first-order chi connectivity index (χ1) is 11.0. The van der Waals surface area contributed by atoms with Gasteiger partial charge < -0.3 is 10.3 Å². The summed E-state index contributed by atoms with van der Waals surface area (Å²) in [5.41, 5.74) is 1.87. The Morgan fingerprint density at radius 3 is 2.61 bits per heavy atom. The van der Waals surface area contributed by atoms with E-state index in [1.54, 1.807) is 6.07 Å². The molecule has 2 heterocycles. The number of para-hydroxylation sites is 2. The maximum atomic E-state index is 11.7. The summed E-state index contributed by atoms with van der Waals surface area (Å²) in [6.45, 7) is 1.96. The first kappa shape index (κ1) is 15.4. The van der Waals surface area contributed by atoms with E-state index in [4.69, 9.17) is 0 Å². The number of benzene rings is 1. The zero-order valence-corrected chi connectivity index (χ0v) is 13.6. The zero-order chi connectivity index (χ0) is 16.4. The first-order valence-electron chi connectivity index (χ1n) is 7.10. The van der Waals surface area contributed by atoms with Crippen LogP contribution in [0.1, 0.15) is 18.8 Å². The summed E-state index contributed by atoms with van der Waals surface area (Å²) in [5, 5.41) is 3.20. The van der Waals surface area contributed by atoms with Gasteiger partial charge in [0.15, 0.2) is 0 Å². The van der Waals surface area contributed by atoms with Crippen molar-refractivity contribution in [3.05, 3.63) is 48.4 Å². The molecule has 8 heteroatoms. The first-order valence-corrected chi connectivity index (χ1v) is 8.59. The Balaban J connectivity index is 1.78. The van der Waals surface area contributed by atoms with Crippen LogP contribution in [-0.2, 0) is 10.0 Å². The van der Waals surface area contributed by atoms with Gasteiger partial charge in [0.05, 0.1) is 17.1 Å². The van der Waals surface area contributed by atoms with Crippen LogP contribution < -0.4 is 10.0 Å². The van der Waals surface area contributed by atoms with Gasteiger partial charge in [0, 0.05) is 6.20 Å². The molecule has 0 aliphatic rings. The molecule has 3 aromatic rings. The van der Waals surface area contributed by atoms with E-state index in [0.717, 1.165) is 16.9 Å². The highest BCUT2D eigenvalue weighted by atomic mass is 32.2. The lowest BCUT2D eigenvalue weighted by molar-refractivity contribution is 0.588. The number of imidazole rings is 1. The van der Waals surface area contributed by atoms with Gasteiger partial charge in [0.25, 0.3) is 0 Å². The summed E-state index contributed by atoms with van der Waals surface area (Å²) in [5.74, 6) is 1.37. The van der Waals surface area contributed by atoms with Crippen molar-refractivity contribution >= 4 is 26.9 Å². The summed E-state index contributed by atoms with van der Waals surface area (Å²) in [6.07, 6.45) is 1.32. The number of nitrogens with zero attached hydrogens (tertiary/aromatic N) is 2. The normalized spacial score (nSPS) is 13.1. The van der Waals surface area contributed by atoms with Gasteiger partial charge in [0.1, 0.15) is 16.5 Å². The van der Waals surface area contributed by atoms with E-state index < -0.39 is 10.0 Å². The Bertz CT molecular complexity index is 885. The standard InChI is InChI=1S/C15H17N5O2S/c1-10(15-19-12-5-3-4-6-13(12)20-15)18-14-8-7-11(9-17-14)23(21,22)16-2/h3-10,16H,1-2H3,(H,17,18)(H,19,20). The SMILES string of the molecule is CNS(=O)(=O)c1ccc(NC(C)c2nc3ccccc3[nH]2)nc1. The van der Waals surface area contributed by atoms with Crippen molar-refractivity contribution in [3.63, 3.8) is 0 Å². The monoisotopic (exact) mass is 331 g/mol. The van der Waals surface area contributed by atoms with Gasteiger partial charge in [-0.1, -0.05) is 12.1 Å². The second kappa shape index (κ2) is 5.98. The molecule has 0 aliphatic carbocycles. The number of fused-ring (bicyclic) bond motifs is 1. The fourth-order valence-corrected chi connectivity index (χ4v) is 2.88. The van der Waals surface area contributed by atoms with Gasteiger partial charge in [-0.15, -0.1) is 0 Å². The topological polar surface area (TPSA) is 99.8 Å². The van der Waals surface area contributed by atoms with Gasteiger partial charge in [-0.05, 0) is 38.2 Å². The lowest BCUT2D eigenvalue weighted by Crippen LogP contribution is -2.19. The second-order valence-electron chi connectivity index (χ2n) is 5.09. The van der Waals surface area contributed by atoms with Crippen LogP contribution in [0.4, 0.5) is 5.82 Å². The van der Waals surface area contributed by atoms with Crippen LogP contribution in [0.5, 0.6) is 0 Å². The minimum atomic E-state index is -3.47. The molecular formula is C15H17N5O2S. The van der Waals surface area contributed by atoms with E-state index in [1.807, 2.05) is 31.2 Å². The van der Waals surface area contributed by atoms with Gasteiger partial charge in [-0.2, -0.15) is 0 Å². The van der Waals surface area contributed by atoms with Crippen molar-refractivity contribution in [3.8, 4) is 0 Å². The molecule has 0 bridgehead atoms. The number of aromatic nitrogens is 3. The summed E-state index contributed by atoms with van der Waals surface area (Å²) in [6, 6.07) is 10.8. The maximum Gasteiger partial charge on any atom is 0.241 e. The third kappa shape index (κ3) is 3.17. The van der Waals surface area contributed by atoms with E-state index >= 15 is 0 Å². The quantitative estimate of drug-likeness (QED) is 0.664. The number of nitrogens with one attached hydrogen (secondary N) is 3. The van der Waals surface area contributed by atoms with Gasteiger partial charge in [-0.25, -0.2) is 23.1 Å². The molecule has 2 aromatic heterocycles. The van der Waals surface area contributed by atoms with Crippen LogP contribution in [0.15, 0.2) is 47.5 Å². The number of pyridine rings is 1. The number of rotatable bonds is 5. The van der Waals surface area contributed by atoms with E-state index in [2.05, 4.69) is 25.0 Å². The summed E-state index contributed by atoms with van der Waals surface area (Å²) in [4.78, 5) is 12.0. The Labute approximate surface area is 134 Å². The Morgan fingerprint density at radius 1 is 1.17 bits per heavy atom. The third-order valence-electron chi connectivity index (χ3n) is 3.50. The predicted molar refractivity (Wildman–Crippen MR) is 88.6 cm³/mol. The highest BCUT2D eigenvalue weighted by Crippen LogP contribution is 2.19. The molecule has 0 radical (unpaired) electrons. The molecule has 1 unspecified atom stereocenters. The highest BCUT2D eigenvalue weighted by Gasteiger charge is 2.14. The number of hydrogen-bond donors (Lipinski definition) is 3. The molecule has 0 aliphatic heterocycles. The van der Waals surface area contributed by atoms with Crippen molar-refractivity contribution in [1.29, 1.82) is 0 Å². The molecule has 1 aromatic carbocycles. The molecule has 120 valence electrons. The smallest absolute Gasteiger partial charge is 0.241 e. The van der Waals surface area contributed by atoms with Crippen molar-refractivity contribution in [1.82, 2.24) is 19.7 Å². The van der Waals surface area contributed by atoms with Crippen LogP contribution >= 0.6 is 0 Å². The van der Waals surface area contributed by atoms with Gasteiger partial charge in [0.2, 0.25) is 10.0 Å². The molecule has 3 N–H and O–H groups in total. The molecule has 23 heavy (non-hydrogen) atoms. The highest BCUT2D eigenvalue weighted by molar-refractivity contribution is 7.89. The van der Waals surface area contributed by atoms with Gasteiger partial charge in [-0.3, -0.25) is 0 Å². The van der Waals surface area contributed by atoms with Crippen molar-refractivity contribution in [2.75, 3.05) is 12.4 Å². The zero-order valence-electron chi connectivity index (χ0n) is 12.7. The Kier molecular flexibility index (Phi) is 4.01. The van der Waals surface area contributed by atoms with E-state index in [0.29, 0.717) is 5.82 Å². The second-order valence-corrected chi connectivity index (χ2v) is 6.98. The van der Waals surface area contributed by atoms with Crippen LogP contribution in [0.3, 0.4) is 0 Å². The molecule has 0 amide bonds. The molecule has 7 nitrogen and oxygen atoms in total. The molecule has 0 fully saturated rings. The van der Waals surface area contributed by atoms with E-state index in [-0.39, 0.29) is 10.9 Å². The number of sulfonamides is 1. The van der Waals surface area contributed by atoms with Crippen molar-refractivity contribution in [2.24, 2.45) is 0 Å². The summed E-state index contributed by atoms with van der Waals surface area (Å²) >= 11 is 0. The van der Waals surface area contributed by atoms with E-state index in [9.17, 15) is 8.42 Å². The predicted octanol–water partition coefficient (Wildman–Crippen LogP) is 2.04. The molecular weight excluding hydrogens is 314 g/mol. The fourth-order valence-electron chi connectivity index (χ4n) is 2.21. The molecule has 0 saturated heterocycles. The summed E-state index contributed by atoms with van der Waals surface area (Å²) in [7, 11) is -2.11. The minimum Gasteiger partial charge on any atom is -0.360 e. The maximum absolute atomic E-state index is 11.7. The average Bonchev–Trinajstić information content (AvgIpc) is 2.99. The largest absolute Gasteiger partial charge is 0.360 e. The molecule has 0 saturated carbocycles. The molecule has 1 atom stereocenters. The van der Waals surface area contributed by atoms with Crippen LogP contribution in [0.2, 0.25) is 0 Å². The van der Waals surface area contributed by atoms with Crippen LogP contribution in [0, 0.1) is 0 Å². The minimum absolute atomic E-state index is 0.0957. The lowest BCUT2D eigenvalue weighted by atomic mass is 10.3. The van der Waals surface area contributed by atoms with Crippen molar-refractivity contribution < 1.29 is 8.42 Å². The Morgan fingerprint density at radius 2 is 1.96 bits per heavy atom. The average molecular weight is 331 g/mol. The fraction of sp³-hybridized carbons (Fsp3) is 0.200. The number of hydrogen-bond acceptors (Lipinski definition) is 5. The van der Waals surface area contributed by atoms with E-state index in [1.165, 1.54) is 19.3 Å². The molecule has 3 rings (SSSR count). The number of H-pyrrole nitrogens is 1. The van der Waals surface area contributed by atoms with Crippen LogP contribution in [-0.4, -0.2) is 30.4 Å².